The van der Waals surface area contributed by atoms with Gasteiger partial charge < -0.3 is 10.4 Å². The Hall–Kier alpha value is -3.12. The van der Waals surface area contributed by atoms with Gasteiger partial charge in [-0.25, -0.2) is 14.4 Å². The molecule has 0 saturated carbocycles. The van der Waals surface area contributed by atoms with Gasteiger partial charge in [0.25, 0.3) is 5.91 Å². The maximum absolute atomic E-state index is 12.9. The second-order valence-electron chi connectivity index (χ2n) is 4.35. The minimum atomic E-state index is -2.01. The van der Waals surface area contributed by atoms with E-state index in [9.17, 15) is 14.3 Å². The smallest absolute Gasteiger partial charge is 0.262 e. The summed E-state index contributed by atoms with van der Waals surface area (Å²) in [5.74, 6) is -1.46. The van der Waals surface area contributed by atoms with Crippen LogP contribution in [-0.4, -0.2) is 36.4 Å². The normalized spacial score (nSPS) is 13.0. The Labute approximate surface area is 124 Å². The molecule has 0 fully saturated rings. The predicted molar refractivity (Wildman–Crippen MR) is 72.7 cm³/mol. The van der Waals surface area contributed by atoms with Crippen LogP contribution >= 0.6 is 0 Å². The number of hydrogen-bond donors (Lipinski definition) is 2. The van der Waals surface area contributed by atoms with Crippen LogP contribution in [0.2, 0.25) is 0 Å². The van der Waals surface area contributed by atoms with Gasteiger partial charge in [-0.3, -0.25) is 9.48 Å². The highest BCUT2D eigenvalue weighted by atomic mass is 19.1. The van der Waals surface area contributed by atoms with Gasteiger partial charge in [-0.2, -0.15) is 10.4 Å². The van der Waals surface area contributed by atoms with E-state index >= 15 is 0 Å². The maximum atomic E-state index is 12.9. The summed E-state index contributed by atoms with van der Waals surface area (Å²) in [5.41, 5.74) is -1.82. The van der Waals surface area contributed by atoms with E-state index in [1.54, 1.807) is 6.07 Å². The lowest BCUT2D eigenvalue weighted by atomic mass is 10.0. The summed E-state index contributed by atoms with van der Waals surface area (Å²) >= 11 is 0. The summed E-state index contributed by atoms with van der Waals surface area (Å²) in [6, 6.07) is 1.74. The third kappa shape index (κ3) is 3.31. The SMILES string of the molecule is C=C[C@](O)(Cn1cc(F)cn1)C(=O)Nc1cnc(C#N)nc1. The minimum absolute atomic E-state index is 0.0519. The van der Waals surface area contributed by atoms with Crippen molar-refractivity contribution in [2.45, 2.75) is 12.1 Å². The number of hydrogen-bond acceptors (Lipinski definition) is 6. The highest BCUT2D eigenvalue weighted by molar-refractivity contribution is 5.98. The highest BCUT2D eigenvalue weighted by Crippen LogP contribution is 2.14. The number of nitrogens with zero attached hydrogens (tertiary/aromatic N) is 5. The molecule has 112 valence electrons. The second kappa shape index (κ2) is 6.11. The molecule has 1 atom stereocenters. The van der Waals surface area contributed by atoms with Gasteiger partial charge in [-0.15, -0.1) is 0 Å². The van der Waals surface area contributed by atoms with Crippen LogP contribution in [0.3, 0.4) is 0 Å². The molecule has 0 aliphatic heterocycles. The number of aliphatic hydroxyl groups is 1. The number of anilines is 1. The average molecular weight is 302 g/mol. The molecule has 0 radical (unpaired) electrons. The van der Waals surface area contributed by atoms with Gasteiger partial charge in [0.05, 0.1) is 37.0 Å². The average Bonchev–Trinajstić information content (AvgIpc) is 2.92. The molecule has 9 heteroatoms. The molecule has 0 aromatic carbocycles. The molecule has 2 aromatic rings. The van der Waals surface area contributed by atoms with Gasteiger partial charge in [0.1, 0.15) is 6.07 Å². The summed E-state index contributed by atoms with van der Waals surface area (Å²) in [5, 5.41) is 24.9. The first-order chi connectivity index (χ1) is 10.5. The number of amides is 1. The van der Waals surface area contributed by atoms with Crippen LogP contribution in [0.15, 0.2) is 37.4 Å². The predicted octanol–water partition coefficient (Wildman–Crippen LogP) is 0.240. The third-order valence-corrected chi connectivity index (χ3v) is 2.75. The fourth-order valence-corrected chi connectivity index (χ4v) is 1.59. The Morgan fingerprint density at radius 2 is 2.23 bits per heavy atom. The van der Waals surface area contributed by atoms with Gasteiger partial charge in [0.15, 0.2) is 11.4 Å². The third-order valence-electron chi connectivity index (χ3n) is 2.75. The van der Waals surface area contributed by atoms with Crippen molar-refractivity contribution in [3.8, 4) is 6.07 Å². The molecule has 0 unspecified atom stereocenters. The fraction of sp³-hybridized carbons (Fsp3) is 0.154. The van der Waals surface area contributed by atoms with E-state index in [-0.39, 0.29) is 18.1 Å². The Balaban J connectivity index is 2.13. The molecule has 0 saturated heterocycles. The van der Waals surface area contributed by atoms with Crippen molar-refractivity contribution in [2.24, 2.45) is 0 Å². The van der Waals surface area contributed by atoms with Crippen molar-refractivity contribution < 1.29 is 14.3 Å². The van der Waals surface area contributed by atoms with Gasteiger partial charge >= 0.3 is 0 Å². The van der Waals surface area contributed by atoms with Crippen LogP contribution in [0.5, 0.6) is 0 Å². The van der Waals surface area contributed by atoms with E-state index in [1.807, 2.05) is 0 Å². The maximum Gasteiger partial charge on any atom is 0.262 e. The molecule has 0 aliphatic carbocycles. The lowest BCUT2D eigenvalue weighted by Crippen LogP contribution is -2.44. The number of aromatic nitrogens is 4. The lowest BCUT2D eigenvalue weighted by Gasteiger charge is -2.22. The molecular formula is C13H11FN6O2. The Morgan fingerprint density at radius 3 is 2.73 bits per heavy atom. The molecule has 8 nitrogen and oxygen atoms in total. The molecule has 22 heavy (non-hydrogen) atoms. The van der Waals surface area contributed by atoms with Crippen LogP contribution in [0, 0.1) is 17.1 Å². The molecule has 1 amide bonds. The minimum Gasteiger partial charge on any atom is -0.374 e. The first kappa shape index (κ1) is 15.3. The monoisotopic (exact) mass is 302 g/mol. The number of nitriles is 1. The molecule has 0 bridgehead atoms. The van der Waals surface area contributed by atoms with Crippen molar-refractivity contribution in [3.05, 3.63) is 49.1 Å². The standard InChI is InChI=1S/C13H11FN6O2/c1-2-13(22,8-20-7-9(14)4-18-20)12(21)19-10-5-16-11(3-15)17-6-10/h2,4-7,22H,1,8H2,(H,19,21)/t13-/m0/s1. The molecule has 0 aliphatic rings. The quantitative estimate of drug-likeness (QED) is 0.764. The molecule has 2 heterocycles. The summed E-state index contributed by atoms with van der Waals surface area (Å²) in [6.07, 6.45) is 5.45. The van der Waals surface area contributed by atoms with E-state index in [4.69, 9.17) is 5.26 Å². The largest absolute Gasteiger partial charge is 0.374 e. The first-order valence-electron chi connectivity index (χ1n) is 6.04. The fourth-order valence-electron chi connectivity index (χ4n) is 1.59. The summed E-state index contributed by atoms with van der Waals surface area (Å²) in [7, 11) is 0. The van der Waals surface area contributed by atoms with Crippen LogP contribution in [0.4, 0.5) is 10.1 Å². The number of rotatable bonds is 5. The highest BCUT2D eigenvalue weighted by Gasteiger charge is 2.33. The zero-order valence-electron chi connectivity index (χ0n) is 11.3. The summed E-state index contributed by atoms with van der Waals surface area (Å²) < 4.78 is 14.0. The molecular weight excluding hydrogens is 291 g/mol. The number of halogens is 1. The van der Waals surface area contributed by atoms with Crippen molar-refractivity contribution in [2.75, 3.05) is 5.32 Å². The van der Waals surface area contributed by atoms with E-state index in [2.05, 4.69) is 27.0 Å². The van der Waals surface area contributed by atoms with Gasteiger partial charge in [0.2, 0.25) is 5.82 Å². The van der Waals surface area contributed by atoms with Crippen LogP contribution in [0.25, 0.3) is 0 Å². The molecule has 2 N–H and O–H groups in total. The van der Waals surface area contributed by atoms with Crippen molar-refractivity contribution in [1.82, 2.24) is 19.7 Å². The van der Waals surface area contributed by atoms with E-state index in [0.29, 0.717) is 0 Å². The van der Waals surface area contributed by atoms with E-state index in [0.717, 1.165) is 23.2 Å². The topological polar surface area (TPSA) is 117 Å². The number of carbonyl (C=O) groups is 1. The number of nitrogens with one attached hydrogen (secondary N) is 1. The second-order valence-corrected chi connectivity index (χ2v) is 4.35. The zero-order chi connectivity index (χ0) is 16.2. The summed E-state index contributed by atoms with van der Waals surface area (Å²) in [4.78, 5) is 19.5. The van der Waals surface area contributed by atoms with Gasteiger partial charge in [-0.05, 0) is 6.08 Å². The Morgan fingerprint density at radius 1 is 1.55 bits per heavy atom. The Kier molecular flexibility index (Phi) is 4.24. The van der Waals surface area contributed by atoms with E-state index in [1.165, 1.54) is 12.4 Å². The van der Waals surface area contributed by atoms with Crippen molar-refractivity contribution in [1.29, 1.82) is 5.26 Å². The van der Waals surface area contributed by atoms with Crippen LogP contribution in [-0.2, 0) is 11.3 Å². The Bertz CT molecular complexity index is 736. The van der Waals surface area contributed by atoms with E-state index < -0.39 is 17.3 Å². The molecule has 2 aromatic heterocycles. The van der Waals surface area contributed by atoms with Gasteiger partial charge in [-0.1, -0.05) is 6.58 Å². The van der Waals surface area contributed by atoms with Crippen LogP contribution < -0.4 is 5.32 Å². The molecule has 0 spiro atoms. The van der Waals surface area contributed by atoms with Crippen molar-refractivity contribution in [3.63, 3.8) is 0 Å². The zero-order valence-corrected chi connectivity index (χ0v) is 11.3. The van der Waals surface area contributed by atoms with Gasteiger partial charge in [0, 0.05) is 0 Å². The number of carbonyl (C=O) groups excluding carboxylic acids is 1. The molecule has 2 rings (SSSR count). The lowest BCUT2D eigenvalue weighted by molar-refractivity contribution is -0.130. The summed E-state index contributed by atoms with van der Waals surface area (Å²) in [6.45, 7) is 3.09. The van der Waals surface area contributed by atoms with Crippen molar-refractivity contribution >= 4 is 11.6 Å². The van der Waals surface area contributed by atoms with Crippen LogP contribution in [0.1, 0.15) is 5.82 Å². The first-order valence-corrected chi connectivity index (χ1v) is 6.04.